The maximum absolute atomic E-state index is 12.3. The van der Waals surface area contributed by atoms with E-state index < -0.39 is 16.2 Å². The fraction of sp³-hybridized carbons (Fsp3) is 0.400. The number of rotatable bonds is 3. The molecule has 1 atom stereocenters. The number of hydrogen-bond donors (Lipinski definition) is 0. The summed E-state index contributed by atoms with van der Waals surface area (Å²) in [7, 11) is -3.66. The summed E-state index contributed by atoms with van der Waals surface area (Å²) in [5.74, 6) is 0. The van der Waals surface area contributed by atoms with Gasteiger partial charge in [-0.25, -0.2) is 13.2 Å². The van der Waals surface area contributed by atoms with Crippen molar-refractivity contribution in [2.24, 2.45) is 4.99 Å². The molecule has 0 aromatic carbocycles. The number of nitrogens with zero attached hydrogens (tertiary/aromatic N) is 3. The lowest BCUT2D eigenvalue weighted by molar-refractivity contribution is 0.395. The van der Waals surface area contributed by atoms with Crippen LogP contribution >= 0.6 is 15.9 Å². The Morgan fingerprint density at radius 2 is 2.28 bits per heavy atom. The predicted molar refractivity (Wildman–Crippen MR) is 67.0 cm³/mol. The third-order valence-corrected chi connectivity index (χ3v) is 4.96. The van der Waals surface area contributed by atoms with E-state index in [0.29, 0.717) is 23.9 Å². The van der Waals surface area contributed by atoms with Crippen molar-refractivity contribution in [1.29, 1.82) is 0 Å². The number of halogens is 1. The minimum Gasteiger partial charge on any atom is -0.262 e. The first kappa shape index (κ1) is 13.4. The Kier molecular flexibility index (Phi) is 3.91. The van der Waals surface area contributed by atoms with Crippen LogP contribution < -0.4 is 0 Å². The van der Waals surface area contributed by atoms with Crippen LogP contribution in [0.2, 0.25) is 0 Å². The van der Waals surface area contributed by atoms with E-state index in [2.05, 4.69) is 25.9 Å². The first-order valence-electron chi connectivity index (χ1n) is 5.25. The Morgan fingerprint density at radius 3 is 2.94 bits per heavy atom. The summed E-state index contributed by atoms with van der Waals surface area (Å²) in [5, 5.41) is 0. The first-order chi connectivity index (χ1) is 8.55. The van der Waals surface area contributed by atoms with Gasteiger partial charge in [0.2, 0.25) is 16.1 Å². The molecule has 2 heterocycles. The second-order valence-corrected chi connectivity index (χ2v) is 6.60. The number of sulfonamides is 1. The zero-order chi connectivity index (χ0) is 13.2. The number of carbonyl (C=O) groups excluding carboxylic acids is 1. The van der Waals surface area contributed by atoms with E-state index in [9.17, 15) is 13.2 Å². The van der Waals surface area contributed by atoms with Crippen LogP contribution in [0, 0.1) is 0 Å². The zero-order valence-corrected chi connectivity index (χ0v) is 11.7. The van der Waals surface area contributed by atoms with Crippen LogP contribution in [-0.2, 0) is 14.8 Å². The van der Waals surface area contributed by atoms with E-state index in [1.807, 2.05) is 0 Å². The van der Waals surface area contributed by atoms with Crippen LogP contribution in [0.5, 0.6) is 0 Å². The number of hydrogen-bond acceptors (Lipinski definition) is 5. The lowest BCUT2D eigenvalue weighted by atomic mass is 10.3. The van der Waals surface area contributed by atoms with E-state index in [1.54, 1.807) is 0 Å². The molecular weight excluding hydrogens is 322 g/mol. The van der Waals surface area contributed by atoms with Gasteiger partial charge >= 0.3 is 0 Å². The smallest absolute Gasteiger partial charge is 0.246 e. The molecule has 1 saturated heterocycles. The molecule has 1 aromatic rings. The molecule has 8 heteroatoms. The average molecular weight is 332 g/mol. The van der Waals surface area contributed by atoms with Gasteiger partial charge in [-0.2, -0.15) is 9.30 Å². The zero-order valence-electron chi connectivity index (χ0n) is 9.28. The van der Waals surface area contributed by atoms with E-state index in [1.165, 1.54) is 28.8 Å². The minimum atomic E-state index is -3.66. The van der Waals surface area contributed by atoms with Gasteiger partial charge in [-0.1, -0.05) is 0 Å². The standard InChI is InChI=1S/C10H10BrN3O3S/c11-8-4-9(6-12-5-8)18(16,17)14-3-1-2-10(14)13-7-15/h4-6,10H,1-3H2. The van der Waals surface area contributed by atoms with E-state index in [-0.39, 0.29) is 4.90 Å². The minimum absolute atomic E-state index is 0.0878. The maximum atomic E-state index is 12.3. The molecule has 1 aliphatic rings. The van der Waals surface area contributed by atoms with E-state index in [4.69, 9.17) is 0 Å². The van der Waals surface area contributed by atoms with Crippen LogP contribution in [0.3, 0.4) is 0 Å². The van der Waals surface area contributed by atoms with Gasteiger partial charge < -0.3 is 0 Å². The van der Waals surface area contributed by atoms with Crippen LogP contribution in [0.4, 0.5) is 0 Å². The third-order valence-electron chi connectivity index (χ3n) is 2.66. The third kappa shape index (κ3) is 2.51. The molecule has 1 fully saturated rings. The summed E-state index contributed by atoms with van der Waals surface area (Å²) >= 11 is 3.18. The Balaban J connectivity index is 2.39. The predicted octanol–water partition coefficient (Wildman–Crippen LogP) is 1.29. The molecule has 0 spiro atoms. The van der Waals surface area contributed by atoms with E-state index >= 15 is 0 Å². The largest absolute Gasteiger partial charge is 0.262 e. The highest BCUT2D eigenvalue weighted by atomic mass is 79.9. The lowest BCUT2D eigenvalue weighted by Crippen LogP contribution is -2.34. The van der Waals surface area contributed by atoms with Crippen LogP contribution in [0.25, 0.3) is 0 Å². The number of aliphatic imine (C=N–C) groups is 1. The summed E-state index contributed by atoms with van der Waals surface area (Å²) in [6.07, 6.45) is 4.77. The highest BCUT2D eigenvalue weighted by Crippen LogP contribution is 2.27. The van der Waals surface area contributed by atoms with E-state index in [0.717, 1.165) is 0 Å². The highest BCUT2D eigenvalue weighted by molar-refractivity contribution is 9.10. The van der Waals surface area contributed by atoms with Crippen LogP contribution in [0.1, 0.15) is 12.8 Å². The van der Waals surface area contributed by atoms with Gasteiger partial charge in [-0.05, 0) is 34.8 Å². The summed E-state index contributed by atoms with van der Waals surface area (Å²) in [6.45, 7) is 0.352. The molecule has 96 valence electrons. The number of isocyanates is 1. The van der Waals surface area contributed by atoms with Crippen molar-refractivity contribution in [2.45, 2.75) is 23.9 Å². The van der Waals surface area contributed by atoms with Gasteiger partial charge in [-0.3, -0.25) is 4.98 Å². The quantitative estimate of drug-likeness (QED) is 0.617. The molecule has 1 aliphatic heterocycles. The first-order valence-corrected chi connectivity index (χ1v) is 7.48. The number of pyridine rings is 1. The molecule has 18 heavy (non-hydrogen) atoms. The normalized spacial score (nSPS) is 20.6. The van der Waals surface area contributed by atoms with Gasteiger partial charge in [0.05, 0.1) is 0 Å². The van der Waals surface area contributed by atoms with Gasteiger partial charge in [0.15, 0.2) is 0 Å². The maximum Gasteiger partial charge on any atom is 0.246 e. The molecule has 1 unspecified atom stereocenters. The van der Waals surface area contributed by atoms with Crippen LogP contribution in [-0.4, -0.2) is 36.5 Å². The van der Waals surface area contributed by atoms with Crippen molar-refractivity contribution in [3.8, 4) is 0 Å². The number of aromatic nitrogens is 1. The molecule has 0 aliphatic carbocycles. The van der Waals surface area contributed by atoms with Gasteiger partial charge in [0.1, 0.15) is 11.1 Å². The van der Waals surface area contributed by atoms with Crippen molar-refractivity contribution in [2.75, 3.05) is 6.54 Å². The molecule has 1 aromatic heterocycles. The van der Waals surface area contributed by atoms with Crippen molar-refractivity contribution < 1.29 is 13.2 Å². The Bertz CT molecular complexity index is 598. The van der Waals surface area contributed by atoms with Crippen molar-refractivity contribution in [3.63, 3.8) is 0 Å². The SMILES string of the molecule is O=C=NC1CCCN1S(=O)(=O)c1cncc(Br)c1. The Labute approximate surface area is 113 Å². The van der Waals surface area contributed by atoms with Crippen molar-refractivity contribution in [3.05, 3.63) is 22.9 Å². The summed E-state index contributed by atoms with van der Waals surface area (Å²) in [6, 6.07) is 1.47. The molecule has 0 radical (unpaired) electrons. The highest BCUT2D eigenvalue weighted by Gasteiger charge is 2.35. The Morgan fingerprint density at radius 1 is 1.50 bits per heavy atom. The molecule has 6 nitrogen and oxygen atoms in total. The van der Waals surface area contributed by atoms with Crippen LogP contribution in [0.15, 0.2) is 32.8 Å². The molecular formula is C10H10BrN3O3S. The van der Waals surface area contributed by atoms with Crippen molar-refractivity contribution in [1.82, 2.24) is 9.29 Å². The molecule has 0 saturated carbocycles. The molecule has 0 amide bonds. The lowest BCUT2D eigenvalue weighted by Gasteiger charge is -2.19. The monoisotopic (exact) mass is 331 g/mol. The summed E-state index contributed by atoms with van der Waals surface area (Å²) in [4.78, 5) is 17.7. The second-order valence-electron chi connectivity index (χ2n) is 3.80. The second kappa shape index (κ2) is 5.27. The van der Waals surface area contributed by atoms with Crippen molar-refractivity contribution >= 4 is 32.0 Å². The van der Waals surface area contributed by atoms with Gasteiger partial charge in [0, 0.05) is 23.4 Å². The summed E-state index contributed by atoms with van der Waals surface area (Å²) in [5.41, 5.74) is 0. The van der Waals surface area contributed by atoms with Gasteiger partial charge in [0.25, 0.3) is 0 Å². The fourth-order valence-electron chi connectivity index (χ4n) is 1.86. The average Bonchev–Trinajstić information content (AvgIpc) is 2.78. The fourth-order valence-corrected chi connectivity index (χ4v) is 3.96. The topological polar surface area (TPSA) is 79.7 Å². The molecule has 0 bridgehead atoms. The summed E-state index contributed by atoms with van der Waals surface area (Å²) < 4.78 is 26.5. The Hall–Kier alpha value is -1.08. The van der Waals surface area contributed by atoms with Gasteiger partial charge in [-0.15, -0.1) is 0 Å². The molecule has 2 rings (SSSR count). The molecule has 0 N–H and O–H groups in total.